The van der Waals surface area contributed by atoms with Crippen LogP contribution in [-0.4, -0.2) is 64.8 Å². The Kier molecular flexibility index (Phi) is 17.1. The number of pyridine rings is 4. The Hall–Kier alpha value is -7.73. The van der Waals surface area contributed by atoms with Gasteiger partial charge in [-0.25, -0.2) is 19.9 Å². The third kappa shape index (κ3) is 12.9. The zero-order valence-corrected chi connectivity index (χ0v) is 37.4. The van der Waals surface area contributed by atoms with E-state index in [1.165, 1.54) is 4.90 Å². The number of carbonyl (C=O) groups is 1. The van der Waals surface area contributed by atoms with E-state index >= 15 is 0 Å². The molecule has 20 heteroatoms. The van der Waals surface area contributed by atoms with Gasteiger partial charge in [0.15, 0.2) is 17.2 Å². The molecule has 1 aliphatic rings. The maximum atomic E-state index is 12.0. The second-order valence-corrected chi connectivity index (χ2v) is 15.7. The molecule has 1 fully saturated rings. The van der Waals surface area contributed by atoms with Crippen molar-refractivity contribution in [2.75, 3.05) is 37.0 Å². The third-order valence-corrected chi connectivity index (χ3v) is 10.5. The Balaban J connectivity index is 0.000000257. The van der Waals surface area contributed by atoms with Gasteiger partial charge in [-0.1, -0.05) is 49.0 Å². The minimum Gasteiger partial charge on any atom is -0.384 e. The van der Waals surface area contributed by atoms with E-state index in [1.54, 1.807) is 73.6 Å². The van der Waals surface area contributed by atoms with E-state index < -0.39 is 5.41 Å². The number of nitrogens with zero attached hydrogens (tertiary/aromatic N) is 12. The number of amides is 1. The van der Waals surface area contributed by atoms with Gasteiger partial charge in [0.05, 0.1) is 21.6 Å². The summed E-state index contributed by atoms with van der Waals surface area (Å²) in [6, 6.07) is 31.1. The monoisotopic (exact) mass is 986 g/mol. The van der Waals surface area contributed by atoms with Gasteiger partial charge in [0.1, 0.15) is 58.3 Å². The molecule has 8 N–H and O–H groups in total. The maximum Gasteiger partial charge on any atom is 0.261 e. The van der Waals surface area contributed by atoms with E-state index in [4.69, 9.17) is 43.0 Å². The summed E-state index contributed by atoms with van der Waals surface area (Å²) in [4.78, 5) is 33.7. The summed E-state index contributed by atoms with van der Waals surface area (Å²) in [6.07, 6.45) is 5.51. The van der Waals surface area contributed by atoms with Crippen LogP contribution in [0.1, 0.15) is 55.7 Å². The predicted molar refractivity (Wildman–Crippen MR) is 250 cm³/mol. The van der Waals surface area contributed by atoms with Crippen molar-refractivity contribution in [2.24, 2.45) is 5.92 Å². The van der Waals surface area contributed by atoms with Gasteiger partial charge in [-0.05, 0) is 117 Å². The van der Waals surface area contributed by atoms with Crippen LogP contribution < -0.4 is 22.9 Å². The summed E-state index contributed by atoms with van der Waals surface area (Å²) in [5, 5.41) is 34.8. The number of nitrogens with two attached hydrogens (primary N) is 4. The normalized spacial score (nSPS) is 12.0. The number of hydrogen-bond acceptors (Lipinski definition) is 16. The molecule has 1 aromatic carbocycles. The molecule has 7 aromatic rings. The second-order valence-electron chi connectivity index (χ2n) is 14.1. The highest BCUT2D eigenvalue weighted by Gasteiger charge is 2.47. The number of nitrogen functional groups attached to an aromatic ring is 4. The first-order valence-corrected chi connectivity index (χ1v) is 20.4. The molecule has 1 amide bonds. The molecule has 1 aliphatic carbocycles. The number of anilines is 4. The van der Waals surface area contributed by atoms with Crippen LogP contribution in [0.4, 0.5) is 23.3 Å². The van der Waals surface area contributed by atoms with Crippen molar-refractivity contribution in [3.05, 3.63) is 135 Å². The van der Waals surface area contributed by atoms with Crippen molar-refractivity contribution in [3.8, 4) is 40.8 Å². The molecule has 0 spiro atoms. The number of likely N-dealkylation sites (N-methyl/N-ethyl adjacent to an activating group) is 1. The number of aromatic nitrogens is 8. The highest BCUT2D eigenvalue weighted by molar-refractivity contribution is 9.10. The van der Waals surface area contributed by atoms with Gasteiger partial charge in [0.25, 0.3) is 5.89 Å². The van der Waals surface area contributed by atoms with Crippen LogP contribution in [0.25, 0.3) is 22.6 Å². The van der Waals surface area contributed by atoms with E-state index in [2.05, 4.69) is 75.0 Å². The Labute approximate surface area is 386 Å². The van der Waals surface area contributed by atoms with Gasteiger partial charge in [-0.2, -0.15) is 25.9 Å². The lowest BCUT2D eigenvalue weighted by atomic mass is 9.76. The SMILES string of the molecule is C.CN(C)C(=O)Cn1cc(-c2nc(C(C)(c3ccc(-c4ccc(N)nc4C#N)cc3)C3CC3)no2)cn1.N#Cc1cccc(N)n1.N#Cc1nc(N)ccc1Br.Nc1cccc(Br)n1. The van der Waals surface area contributed by atoms with Crippen LogP contribution in [0.15, 0.2) is 111 Å². The van der Waals surface area contributed by atoms with Gasteiger partial charge in [-0.15, -0.1) is 0 Å². The summed E-state index contributed by atoms with van der Waals surface area (Å²) >= 11 is 6.32. The molecule has 64 heavy (non-hydrogen) atoms. The molecule has 1 saturated carbocycles. The number of benzene rings is 1. The average Bonchev–Trinajstić information content (AvgIpc) is 3.84. The molecule has 6 aromatic heterocycles. The molecule has 1 atom stereocenters. The third-order valence-electron chi connectivity index (χ3n) is 9.37. The topological polar surface area (TPSA) is 304 Å². The van der Waals surface area contributed by atoms with Gasteiger partial charge >= 0.3 is 0 Å². The summed E-state index contributed by atoms with van der Waals surface area (Å²) < 4.78 is 8.63. The lowest BCUT2D eigenvalue weighted by Gasteiger charge is -2.27. The average molecular weight is 989 g/mol. The van der Waals surface area contributed by atoms with Crippen LogP contribution in [0.3, 0.4) is 0 Å². The molecular weight excluding hydrogens is 944 g/mol. The first-order chi connectivity index (χ1) is 30.1. The minimum absolute atomic E-state index is 0. The zero-order chi connectivity index (χ0) is 45.7. The van der Waals surface area contributed by atoms with Gasteiger partial charge < -0.3 is 32.4 Å². The van der Waals surface area contributed by atoms with Gasteiger partial charge in [0.2, 0.25) is 5.91 Å². The van der Waals surface area contributed by atoms with Crippen LogP contribution in [0.2, 0.25) is 0 Å². The quantitative estimate of drug-likeness (QED) is 0.115. The largest absolute Gasteiger partial charge is 0.384 e. The number of carbonyl (C=O) groups excluding carboxylic acids is 1. The lowest BCUT2D eigenvalue weighted by molar-refractivity contribution is -0.129. The first-order valence-electron chi connectivity index (χ1n) is 18.8. The molecule has 1 unspecified atom stereocenters. The van der Waals surface area contributed by atoms with E-state index in [1.807, 2.05) is 54.6 Å². The summed E-state index contributed by atoms with van der Waals surface area (Å²) in [7, 11) is 3.41. The molecular formula is C44H44Br2N16O2. The fraction of sp³-hybridized carbons (Fsp3) is 0.205. The highest BCUT2D eigenvalue weighted by atomic mass is 79.9. The summed E-state index contributed by atoms with van der Waals surface area (Å²) in [5.41, 5.74) is 25.5. The fourth-order valence-electron chi connectivity index (χ4n) is 5.86. The summed E-state index contributed by atoms with van der Waals surface area (Å²) in [5.74, 6) is 2.91. The van der Waals surface area contributed by atoms with Crippen molar-refractivity contribution in [3.63, 3.8) is 0 Å². The molecule has 0 bridgehead atoms. The van der Waals surface area contributed by atoms with E-state index in [9.17, 15) is 10.1 Å². The number of rotatable bonds is 7. The summed E-state index contributed by atoms with van der Waals surface area (Å²) in [6.45, 7) is 2.27. The number of hydrogen-bond donors (Lipinski definition) is 4. The minimum atomic E-state index is -0.436. The van der Waals surface area contributed by atoms with Crippen molar-refractivity contribution in [2.45, 2.75) is 39.2 Å². The van der Waals surface area contributed by atoms with E-state index in [-0.39, 0.29) is 19.9 Å². The van der Waals surface area contributed by atoms with Crippen molar-refractivity contribution in [1.29, 1.82) is 15.8 Å². The Morgan fingerprint density at radius 3 is 1.92 bits per heavy atom. The molecule has 0 aliphatic heterocycles. The second kappa shape index (κ2) is 22.4. The predicted octanol–water partition coefficient (Wildman–Crippen LogP) is 7.15. The number of nitriles is 3. The number of halogens is 2. The van der Waals surface area contributed by atoms with Crippen LogP contribution in [0, 0.1) is 39.9 Å². The van der Waals surface area contributed by atoms with Crippen LogP contribution in [-0.2, 0) is 16.8 Å². The highest BCUT2D eigenvalue weighted by Crippen LogP contribution is 2.50. The standard InChI is InChI=1S/C26H26N8O2.C6H4BrN3.C6H5N3.C5H5BrN2.CH4/c1-26(19-8-9-19,18-6-4-16(5-7-18)20-10-11-22(28)30-21(20)12-27)25-31-24(36-32-25)17-13-29-34(14-17)15-23(35)33(2)3;7-4-1-2-6(9)10-5(4)3-8;7-4-5-2-1-3-6(8)9-5;6-4-2-1-3-5(7)8-4;/h4-7,10-11,13-14,19H,8-9,15H2,1-3H3,(H2,28,30);1-2H,(H2,9,10);1-3H,(H2,8,9);1-3H,(H2,7,8);1H4. The lowest BCUT2D eigenvalue weighted by Crippen LogP contribution is -2.28. The smallest absolute Gasteiger partial charge is 0.261 e. The molecule has 6 heterocycles. The Bertz CT molecular complexity index is 2800. The van der Waals surface area contributed by atoms with Crippen LogP contribution >= 0.6 is 31.9 Å². The zero-order valence-electron chi connectivity index (χ0n) is 34.2. The fourth-order valence-corrected chi connectivity index (χ4v) is 6.53. The van der Waals surface area contributed by atoms with E-state index in [0.717, 1.165) is 34.1 Å². The molecule has 0 saturated heterocycles. The van der Waals surface area contributed by atoms with Crippen molar-refractivity contribution < 1.29 is 9.32 Å². The molecule has 0 radical (unpaired) electrons. The van der Waals surface area contributed by atoms with Gasteiger partial charge in [0, 0.05) is 25.9 Å². The Morgan fingerprint density at radius 2 is 1.39 bits per heavy atom. The van der Waals surface area contributed by atoms with E-state index in [0.29, 0.717) is 68.0 Å². The maximum absolute atomic E-state index is 12.0. The first kappa shape index (κ1) is 48.9. The molecule has 8 rings (SSSR count). The van der Waals surface area contributed by atoms with Gasteiger partial charge in [-0.3, -0.25) is 9.48 Å². The Morgan fingerprint density at radius 1 is 0.781 bits per heavy atom. The van der Waals surface area contributed by atoms with Crippen LogP contribution in [0.5, 0.6) is 0 Å². The van der Waals surface area contributed by atoms with Crippen molar-refractivity contribution >= 4 is 61.0 Å². The molecule has 18 nitrogen and oxygen atoms in total. The van der Waals surface area contributed by atoms with Crippen molar-refractivity contribution in [1.82, 2.24) is 44.8 Å². The molecule has 326 valence electrons.